The van der Waals surface area contributed by atoms with E-state index in [1.54, 1.807) is 12.1 Å². The smallest absolute Gasteiger partial charge is 0.340 e. The fourth-order valence-electron chi connectivity index (χ4n) is 7.67. The van der Waals surface area contributed by atoms with Crippen LogP contribution in [0.25, 0.3) is 38.8 Å². The number of fused-ring (bicyclic) bond motifs is 11. The van der Waals surface area contributed by atoms with Gasteiger partial charge in [-0.1, -0.05) is 19.1 Å². The van der Waals surface area contributed by atoms with Crippen LogP contribution in [0.4, 0.5) is 0 Å². The molecule has 12 heteroatoms. The molecule has 2 atom stereocenters. The second-order valence-corrected chi connectivity index (χ2v) is 13.2. The van der Waals surface area contributed by atoms with Crippen LogP contribution in [0, 0.1) is 19.8 Å². The fourth-order valence-corrected chi connectivity index (χ4v) is 7.67. The molecule has 0 aromatic carbocycles. The van der Waals surface area contributed by atoms with E-state index in [-0.39, 0.29) is 18.0 Å². The van der Waals surface area contributed by atoms with Gasteiger partial charge in [-0.15, -0.1) is 0 Å². The average molecular weight is 707 g/mol. The molecule has 0 amide bonds. The summed E-state index contributed by atoms with van der Waals surface area (Å²) in [6, 6.07) is 7.53. The highest BCUT2D eigenvalue weighted by atomic mass is 16.5. The number of ether oxygens (including phenoxy) is 4. The van der Waals surface area contributed by atoms with Crippen molar-refractivity contribution in [1.82, 2.24) is 19.9 Å². The van der Waals surface area contributed by atoms with Gasteiger partial charge in [0.15, 0.2) is 0 Å². The molecular weight excluding hydrogens is 664 g/mol. The third-order valence-electron chi connectivity index (χ3n) is 10.6. The molecule has 6 rings (SSSR count). The van der Waals surface area contributed by atoms with E-state index >= 15 is 0 Å². The monoisotopic (exact) mass is 706 g/mol. The van der Waals surface area contributed by atoms with Gasteiger partial charge in [-0.3, -0.25) is 14.6 Å². The van der Waals surface area contributed by atoms with Gasteiger partial charge in [-0.05, 0) is 98.2 Å². The van der Waals surface area contributed by atoms with Gasteiger partial charge in [-0.25, -0.2) is 14.6 Å². The highest BCUT2D eigenvalue weighted by molar-refractivity contribution is 6.04. The van der Waals surface area contributed by atoms with Gasteiger partial charge in [0, 0.05) is 23.0 Å². The van der Waals surface area contributed by atoms with E-state index < -0.39 is 29.2 Å². The third-order valence-corrected chi connectivity index (χ3v) is 10.6. The molecule has 3 aromatic rings. The van der Waals surface area contributed by atoms with Gasteiger partial charge in [0.25, 0.3) is 0 Å². The summed E-state index contributed by atoms with van der Waals surface area (Å²) in [6.07, 6.45) is 4.54. The van der Waals surface area contributed by atoms with E-state index in [4.69, 9.17) is 28.9 Å². The molecule has 0 unspecified atom stereocenters. The Morgan fingerprint density at radius 3 is 2.08 bits per heavy atom. The first-order valence-electron chi connectivity index (χ1n) is 17.0. The zero-order valence-electron chi connectivity index (χ0n) is 30.8. The van der Waals surface area contributed by atoms with E-state index in [2.05, 4.69) is 16.9 Å². The standard InChI is InChI=1S/C40H42N4O8/c1-10-22-19(2)26-16-31-25-13-11-24(37(46)50-7)36(39(48)52-9)40(25,5)33(44-31)18-28-20(3)23(12-14-34(45)49-6)30(42-28)17-32-35(38(47)51-8)21(4)27(43-32)15-29(22)41-26/h11,13,15-18,36,41,43H,10,12,14H2,1-9H3/t36-,40+/m0/s1. The van der Waals surface area contributed by atoms with Crippen LogP contribution >= 0.6 is 0 Å². The first-order chi connectivity index (χ1) is 24.8. The number of nitrogens with zero attached hydrogens (tertiary/aromatic N) is 2. The molecule has 1 aliphatic carbocycles. The number of allylic oxidation sites excluding steroid dienone is 5. The van der Waals surface area contributed by atoms with Crippen molar-refractivity contribution in [3.63, 3.8) is 0 Å². The maximum absolute atomic E-state index is 13.7. The maximum atomic E-state index is 13.7. The summed E-state index contributed by atoms with van der Waals surface area (Å²) in [5, 5.41) is 0. The van der Waals surface area contributed by atoms with Crippen LogP contribution in [0.15, 0.2) is 42.0 Å². The summed E-state index contributed by atoms with van der Waals surface area (Å²) in [4.78, 5) is 69.6. The first-order valence-corrected chi connectivity index (χ1v) is 17.0. The van der Waals surface area contributed by atoms with Gasteiger partial charge in [0.05, 0.1) is 73.3 Å². The van der Waals surface area contributed by atoms with Gasteiger partial charge >= 0.3 is 23.9 Å². The Labute approximate surface area is 301 Å². The minimum atomic E-state index is -1.17. The summed E-state index contributed by atoms with van der Waals surface area (Å²) < 4.78 is 20.6. The molecule has 0 saturated carbocycles. The van der Waals surface area contributed by atoms with Crippen LogP contribution in [0.1, 0.15) is 83.4 Å². The number of H-pyrrole nitrogens is 2. The number of aromatic amines is 2. The Bertz CT molecular complexity index is 2320. The first kappa shape index (κ1) is 36.0. The molecule has 2 N–H and O–H groups in total. The molecule has 8 bridgehead atoms. The second kappa shape index (κ2) is 13.7. The number of carbonyl (C=O) groups excluding carboxylic acids is 4. The lowest BCUT2D eigenvalue weighted by molar-refractivity contribution is -0.149. The molecule has 2 aliphatic heterocycles. The summed E-state index contributed by atoms with van der Waals surface area (Å²) >= 11 is 0. The molecule has 3 aliphatic rings. The summed E-state index contributed by atoms with van der Waals surface area (Å²) in [5.74, 6) is -3.25. The quantitative estimate of drug-likeness (QED) is 0.207. The Kier molecular flexibility index (Phi) is 9.52. The minimum Gasteiger partial charge on any atom is -0.469 e. The van der Waals surface area contributed by atoms with Gasteiger partial charge < -0.3 is 28.9 Å². The van der Waals surface area contributed by atoms with Crippen molar-refractivity contribution in [2.45, 2.75) is 59.3 Å². The van der Waals surface area contributed by atoms with Crippen LogP contribution in [-0.2, 0) is 45.2 Å². The predicted molar refractivity (Wildman–Crippen MR) is 196 cm³/mol. The number of hydrogen-bond donors (Lipinski definition) is 2. The van der Waals surface area contributed by atoms with Crippen LogP contribution in [-0.4, -0.2) is 72.3 Å². The Morgan fingerprint density at radius 1 is 0.750 bits per heavy atom. The maximum Gasteiger partial charge on any atom is 0.340 e. The SMILES string of the molecule is CCc1c(C)c2cc3nc(cc4nc(cc5[nH]c(cc1[nH]2)c(C)c5C(=O)OC)C(CCC(=O)OC)=C4C)[C@@]1(C)C3=CC=C(C(=O)OC)[C@H]1C(=O)OC. The lowest BCUT2D eigenvalue weighted by atomic mass is 9.64. The van der Waals surface area contributed by atoms with Crippen LogP contribution in [0.3, 0.4) is 0 Å². The number of hydrogen-bond acceptors (Lipinski definition) is 10. The van der Waals surface area contributed by atoms with E-state index in [0.29, 0.717) is 51.4 Å². The summed E-state index contributed by atoms with van der Waals surface area (Å²) in [7, 11) is 5.24. The molecule has 0 radical (unpaired) electrons. The van der Waals surface area contributed by atoms with Crippen molar-refractivity contribution in [3.8, 4) is 0 Å². The van der Waals surface area contributed by atoms with Crippen molar-refractivity contribution in [2.24, 2.45) is 5.92 Å². The Morgan fingerprint density at radius 2 is 1.42 bits per heavy atom. The van der Waals surface area contributed by atoms with Crippen molar-refractivity contribution in [2.75, 3.05) is 28.4 Å². The number of rotatable bonds is 7. The Hall–Kier alpha value is -5.78. The number of nitrogens with one attached hydrogen (secondary N) is 2. The molecule has 0 fully saturated rings. The van der Waals surface area contributed by atoms with E-state index in [0.717, 1.165) is 45.3 Å². The number of methoxy groups -OCH3 is 4. The zero-order chi connectivity index (χ0) is 37.6. The fraction of sp³-hybridized carbons (Fsp3) is 0.350. The predicted octanol–water partition coefficient (Wildman–Crippen LogP) is 6.41. The van der Waals surface area contributed by atoms with E-state index in [9.17, 15) is 19.2 Å². The molecule has 3 aromatic heterocycles. The van der Waals surface area contributed by atoms with Crippen molar-refractivity contribution < 1.29 is 38.1 Å². The van der Waals surface area contributed by atoms with Crippen LogP contribution in [0.2, 0.25) is 0 Å². The second-order valence-electron chi connectivity index (χ2n) is 13.2. The summed E-state index contributed by atoms with van der Waals surface area (Å²) in [5.41, 5.74) is 9.42. The number of aryl methyl sites for hydroxylation is 3. The lowest BCUT2D eigenvalue weighted by Crippen LogP contribution is -2.42. The molecule has 52 heavy (non-hydrogen) atoms. The Balaban J connectivity index is 1.79. The van der Waals surface area contributed by atoms with E-state index in [1.807, 2.05) is 52.0 Å². The molecular formula is C40H42N4O8. The number of esters is 4. The number of carbonyl (C=O) groups is 4. The largest absolute Gasteiger partial charge is 0.469 e. The molecule has 270 valence electrons. The lowest BCUT2D eigenvalue weighted by Gasteiger charge is -2.36. The van der Waals surface area contributed by atoms with E-state index in [1.165, 1.54) is 28.4 Å². The van der Waals surface area contributed by atoms with Crippen molar-refractivity contribution >= 4 is 62.7 Å². The molecule has 0 saturated heterocycles. The number of aromatic nitrogens is 4. The van der Waals surface area contributed by atoms with Crippen LogP contribution in [0.5, 0.6) is 0 Å². The normalized spacial score (nSPS) is 17.9. The topological polar surface area (TPSA) is 163 Å². The minimum absolute atomic E-state index is 0.0974. The summed E-state index contributed by atoms with van der Waals surface area (Å²) in [6.45, 7) is 9.75. The highest BCUT2D eigenvalue weighted by Crippen LogP contribution is 2.52. The van der Waals surface area contributed by atoms with Crippen molar-refractivity contribution in [3.05, 3.63) is 87.0 Å². The third kappa shape index (κ3) is 5.72. The molecule has 12 nitrogen and oxygen atoms in total. The van der Waals surface area contributed by atoms with Gasteiger partial charge in [0.1, 0.15) is 5.92 Å². The van der Waals surface area contributed by atoms with Crippen molar-refractivity contribution in [1.29, 1.82) is 0 Å². The molecule has 5 heterocycles. The zero-order valence-corrected chi connectivity index (χ0v) is 30.8. The van der Waals surface area contributed by atoms with Gasteiger partial charge in [-0.2, -0.15) is 0 Å². The highest BCUT2D eigenvalue weighted by Gasteiger charge is 2.53. The molecule has 0 spiro atoms. The average Bonchev–Trinajstić information content (AvgIpc) is 3.80. The van der Waals surface area contributed by atoms with Gasteiger partial charge in [0.2, 0.25) is 0 Å². The van der Waals surface area contributed by atoms with Crippen LogP contribution < -0.4 is 0 Å².